The Hall–Kier alpha value is -2.02. The van der Waals surface area contributed by atoms with Crippen molar-refractivity contribution in [1.82, 2.24) is 15.2 Å². The number of aromatic amines is 1. The van der Waals surface area contributed by atoms with Crippen molar-refractivity contribution in [3.8, 4) is 11.4 Å². The molecule has 1 unspecified atom stereocenters. The van der Waals surface area contributed by atoms with E-state index in [1.165, 1.54) is 11.8 Å². The molecule has 1 aromatic heterocycles. The summed E-state index contributed by atoms with van der Waals surface area (Å²) < 4.78 is 0. The number of nitrogens with one attached hydrogen (secondary N) is 1. The smallest absolute Gasteiger partial charge is 0.252 e. The number of thioether (sulfide) groups is 1. The number of rotatable bonds is 3. The lowest BCUT2D eigenvalue weighted by atomic mass is 10.2. The fourth-order valence-corrected chi connectivity index (χ4v) is 4.11. The van der Waals surface area contributed by atoms with Crippen LogP contribution in [0, 0.1) is 0 Å². The summed E-state index contributed by atoms with van der Waals surface area (Å²) in [7, 11) is 0. The maximum Gasteiger partial charge on any atom is 0.252 e. The molecule has 1 amide bonds. The van der Waals surface area contributed by atoms with Gasteiger partial charge in [0.1, 0.15) is 5.37 Å². The minimum Gasteiger partial charge on any atom is -0.273 e. The number of aromatic nitrogens is 3. The quantitative estimate of drug-likeness (QED) is 0.711. The first-order valence-corrected chi connectivity index (χ1v) is 9.30. The predicted molar refractivity (Wildman–Crippen MR) is 101 cm³/mol. The van der Waals surface area contributed by atoms with Gasteiger partial charge in [-0.3, -0.25) is 14.8 Å². The highest BCUT2D eigenvalue weighted by Gasteiger charge is 2.36. The average Bonchev–Trinajstić information content (AvgIpc) is 3.22. The molecule has 1 aliphatic heterocycles. The molecule has 0 spiro atoms. The Kier molecular flexibility index (Phi) is 4.41. The van der Waals surface area contributed by atoms with Crippen molar-refractivity contribution in [1.29, 1.82) is 0 Å². The van der Waals surface area contributed by atoms with Crippen molar-refractivity contribution in [2.24, 2.45) is 0 Å². The van der Waals surface area contributed by atoms with Crippen LogP contribution in [-0.2, 0) is 4.79 Å². The number of benzene rings is 2. The van der Waals surface area contributed by atoms with Crippen molar-refractivity contribution < 1.29 is 4.79 Å². The SMILES string of the molecule is O=C1CSC(c2ccc(Cl)cc2)N1c1n[nH]c(-c2cccc(Cl)c2)n1. The standard InChI is InChI=1S/C17H12Cl2N4OS/c18-12-6-4-10(5-7-12)16-23(14(24)9-25-16)17-20-15(21-22-17)11-2-1-3-13(19)8-11/h1-8,16H,9H2,(H,20,21,22). The van der Waals surface area contributed by atoms with E-state index in [2.05, 4.69) is 15.2 Å². The fraction of sp³-hybridized carbons (Fsp3) is 0.118. The molecule has 0 saturated carbocycles. The second-order valence-electron chi connectivity index (χ2n) is 5.47. The molecule has 1 atom stereocenters. The maximum atomic E-state index is 12.4. The Bertz CT molecular complexity index is 928. The molecule has 1 N–H and O–H groups in total. The Morgan fingerprint density at radius 2 is 1.92 bits per heavy atom. The van der Waals surface area contributed by atoms with Gasteiger partial charge in [0.05, 0.1) is 5.75 Å². The minimum absolute atomic E-state index is 0.0263. The maximum absolute atomic E-state index is 12.4. The zero-order valence-electron chi connectivity index (χ0n) is 12.8. The van der Waals surface area contributed by atoms with E-state index in [0.717, 1.165) is 11.1 Å². The molecule has 8 heteroatoms. The summed E-state index contributed by atoms with van der Waals surface area (Å²) in [4.78, 5) is 18.5. The molecule has 1 aliphatic rings. The highest BCUT2D eigenvalue weighted by atomic mass is 35.5. The van der Waals surface area contributed by atoms with Crippen LogP contribution in [0.3, 0.4) is 0 Å². The lowest BCUT2D eigenvalue weighted by Gasteiger charge is -2.20. The highest BCUT2D eigenvalue weighted by molar-refractivity contribution is 8.00. The van der Waals surface area contributed by atoms with E-state index in [-0.39, 0.29) is 11.3 Å². The van der Waals surface area contributed by atoms with Gasteiger partial charge >= 0.3 is 0 Å². The van der Waals surface area contributed by atoms with Gasteiger partial charge in [-0.2, -0.15) is 4.98 Å². The summed E-state index contributed by atoms with van der Waals surface area (Å²) >= 11 is 13.5. The van der Waals surface area contributed by atoms with Crippen LogP contribution in [0.2, 0.25) is 10.0 Å². The topological polar surface area (TPSA) is 61.9 Å². The van der Waals surface area contributed by atoms with Gasteiger partial charge in [0.15, 0.2) is 5.82 Å². The average molecular weight is 391 g/mol. The van der Waals surface area contributed by atoms with Gasteiger partial charge < -0.3 is 0 Å². The van der Waals surface area contributed by atoms with E-state index in [0.29, 0.717) is 27.6 Å². The zero-order valence-corrected chi connectivity index (χ0v) is 15.1. The zero-order chi connectivity index (χ0) is 17.4. The molecule has 2 aromatic carbocycles. The summed E-state index contributed by atoms with van der Waals surface area (Å²) in [6.45, 7) is 0. The van der Waals surface area contributed by atoms with E-state index in [1.807, 2.05) is 36.4 Å². The highest BCUT2D eigenvalue weighted by Crippen LogP contribution is 2.41. The molecule has 0 bridgehead atoms. The van der Waals surface area contributed by atoms with Crippen LogP contribution in [0.1, 0.15) is 10.9 Å². The van der Waals surface area contributed by atoms with E-state index >= 15 is 0 Å². The second-order valence-corrected chi connectivity index (χ2v) is 7.41. The Morgan fingerprint density at radius 1 is 1.12 bits per heavy atom. The molecular weight excluding hydrogens is 379 g/mol. The van der Waals surface area contributed by atoms with Crippen LogP contribution in [0.15, 0.2) is 48.5 Å². The number of nitrogens with zero attached hydrogens (tertiary/aromatic N) is 3. The molecule has 4 rings (SSSR count). The molecule has 0 radical (unpaired) electrons. The van der Waals surface area contributed by atoms with Gasteiger partial charge in [0.25, 0.3) is 5.95 Å². The van der Waals surface area contributed by atoms with Gasteiger partial charge in [-0.15, -0.1) is 16.9 Å². The summed E-state index contributed by atoms with van der Waals surface area (Å²) in [5.41, 5.74) is 1.79. The molecular formula is C17H12Cl2N4OS. The third-order valence-electron chi connectivity index (χ3n) is 3.81. The van der Waals surface area contributed by atoms with Crippen LogP contribution in [-0.4, -0.2) is 26.8 Å². The van der Waals surface area contributed by atoms with Crippen molar-refractivity contribution in [2.45, 2.75) is 5.37 Å². The number of anilines is 1. The van der Waals surface area contributed by atoms with Crippen LogP contribution >= 0.6 is 35.0 Å². The summed E-state index contributed by atoms with van der Waals surface area (Å²) in [6, 6.07) is 14.8. The van der Waals surface area contributed by atoms with Gasteiger partial charge in [0, 0.05) is 15.6 Å². The first-order valence-electron chi connectivity index (χ1n) is 7.49. The fourth-order valence-electron chi connectivity index (χ4n) is 2.64. The molecule has 1 fully saturated rings. The predicted octanol–water partition coefficient (Wildman–Crippen LogP) is 4.56. The molecule has 1 saturated heterocycles. The van der Waals surface area contributed by atoms with Gasteiger partial charge in [-0.05, 0) is 29.8 Å². The third-order valence-corrected chi connectivity index (χ3v) is 5.51. The number of carbonyl (C=O) groups is 1. The van der Waals surface area contributed by atoms with Gasteiger partial charge in [0.2, 0.25) is 5.91 Å². The van der Waals surface area contributed by atoms with Gasteiger partial charge in [-0.25, -0.2) is 0 Å². The number of amides is 1. The first kappa shape index (κ1) is 16.4. The van der Waals surface area contributed by atoms with E-state index in [4.69, 9.17) is 23.2 Å². The number of H-pyrrole nitrogens is 1. The van der Waals surface area contributed by atoms with Crippen molar-refractivity contribution in [3.63, 3.8) is 0 Å². The lowest BCUT2D eigenvalue weighted by Crippen LogP contribution is -2.28. The normalized spacial score (nSPS) is 17.3. The van der Waals surface area contributed by atoms with Crippen molar-refractivity contribution in [3.05, 3.63) is 64.1 Å². The lowest BCUT2D eigenvalue weighted by molar-refractivity contribution is -0.115. The molecule has 2 heterocycles. The minimum atomic E-state index is -0.173. The van der Waals surface area contributed by atoms with Crippen LogP contribution in [0.4, 0.5) is 5.95 Å². The molecule has 5 nitrogen and oxygen atoms in total. The second kappa shape index (κ2) is 6.71. The van der Waals surface area contributed by atoms with Crippen LogP contribution in [0.25, 0.3) is 11.4 Å². The van der Waals surface area contributed by atoms with Crippen LogP contribution < -0.4 is 4.90 Å². The largest absolute Gasteiger partial charge is 0.273 e. The van der Waals surface area contributed by atoms with E-state index in [1.54, 1.807) is 17.0 Å². The van der Waals surface area contributed by atoms with E-state index in [9.17, 15) is 4.79 Å². The molecule has 3 aromatic rings. The summed E-state index contributed by atoms with van der Waals surface area (Å²) in [5, 5.41) is 8.22. The van der Waals surface area contributed by atoms with Gasteiger partial charge in [-0.1, -0.05) is 47.5 Å². The Labute approximate surface area is 158 Å². The Balaban J connectivity index is 1.67. The first-order chi connectivity index (χ1) is 12.1. The van der Waals surface area contributed by atoms with Crippen molar-refractivity contribution in [2.75, 3.05) is 10.7 Å². The summed E-state index contributed by atoms with van der Waals surface area (Å²) in [5.74, 6) is 1.28. The molecule has 126 valence electrons. The molecule has 25 heavy (non-hydrogen) atoms. The number of halogens is 2. The van der Waals surface area contributed by atoms with E-state index < -0.39 is 0 Å². The Morgan fingerprint density at radius 3 is 2.68 bits per heavy atom. The number of hydrogen-bond donors (Lipinski definition) is 1. The van der Waals surface area contributed by atoms with Crippen LogP contribution in [0.5, 0.6) is 0 Å². The number of carbonyl (C=O) groups excluding carboxylic acids is 1. The summed E-state index contributed by atoms with van der Waals surface area (Å²) in [6.07, 6.45) is 0. The van der Waals surface area contributed by atoms with Crippen molar-refractivity contribution >= 4 is 46.8 Å². The number of hydrogen-bond acceptors (Lipinski definition) is 4. The third kappa shape index (κ3) is 3.25. The monoisotopic (exact) mass is 390 g/mol. The molecule has 0 aliphatic carbocycles.